The van der Waals surface area contributed by atoms with Crippen molar-refractivity contribution in [1.82, 2.24) is 15.0 Å². The van der Waals surface area contributed by atoms with E-state index in [0.717, 1.165) is 0 Å². The lowest BCUT2D eigenvalue weighted by molar-refractivity contribution is 0.0488. The molecular formula is C24H35N5O6S2. The number of hydrogen-bond acceptors (Lipinski definition) is 9. The van der Waals surface area contributed by atoms with Crippen LogP contribution in [0.3, 0.4) is 0 Å². The average Bonchev–Trinajstić information content (AvgIpc) is 3.31. The number of alkyl carbamates (subject to hydrolysis) is 1. The molecule has 0 saturated heterocycles. The van der Waals surface area contributed by atoms with Gasteiger partial charge in [0.25, 0.3) is 10.0 Å². The number of ketones is 1. The highest BCUT2D eigenvalue weighted by Crippen LogP contribution is 2.30. The van der Waals surface area contributed by atoms with Gasteiger partial charge in [0.1, 0.15) is 11.4 Å². The molecule has 0 aliphatic heterocycles. The number of thiazole rings is 1. The molecular weight excluding hydrogens is 518 g/mol. The molecule has 0 bridgehead atoms. The number of ether oxygens (including phenoxy) is 2. The number of rotatable bonds is 10. The summed E-state index contributed by atoms with van der Waals surface area (Å²) in [5, 5.41) is 4.52. The Kier molecular flexibility index (Phi) is 10.0. The maximum Gasteiger partial charge on any atom is 0.408 e. The molecule has 204 valence electrons. The summed E-state index contributed by atoms with van der Waals surface area (Å²) < 4.78 is 38.9. The standard InChI is InChI=1S/C24H35N5O6S2/c1-14-13-18(34-7)15(2)16(3)20(14)37(32,33)29-22(25)27-10-8-9-17(19(30)21-26-11-12-36-21)28-23(31)35-24(4,5)6/h11-13,17H,8-10H2,1-7H3,(H,28,31)(H3,25,27,29)/t17-/m1/s1. The lowest BCUT2D eigenvalue weighted by Crippen LogP contribution is -2.43. The van der Waals surface area contributed by atoms with Gasteiger partial charge in [-0.1, -0.05) is 0 Å². The molecule has 37 heavy (non-hydrogen) atoms. The van der Waals surface area contributed by atoms with Crippen LogP contribution in [0.2, 0.25) is 0 Å². The van der Waals surface area contributed by atoms with E-state index in [4.69, 9.17) is 15.2 Å². The molecule has 0 aliphatic rings. The van der Waals surface area contributed by atoms with E-state index in [1.165, 1.54) is 24.6 Å². The summed E-state index contributed by atoms with van der Waals surface area (Å²) in [4.78, 5) is 33.3. The summed E-state index contributed by atoms with van der Waals surface area (Å²) in [5.41, 5.74) is 6.90. The van der Waals surface area contributed by atoms with E-state index < -0.39 is 27.8 Å². The van der Waals surface area contributed by atoms with Gasteiger partial charge in [-0.3, -0.25) is 9.79 Å². The molecule has 13 heteroatoms. The van der Waals surface area contributed by atoms with E-state index in [-0.39, 0.29) is 34.6 Å². The maximum atomic E-state index is 13.0. The highest BCUT2D eigenvalue weighted by molar-refractivity contribution is 7.90. The number of amides is 1. The number of benzene rings is 1. The van der Waals surface area contributed by atoms with Crippen LogP contribution in [-0.4, -0.2) is 56.5 Å². The van der Waals surface area contributed by atoms with Gasteiger partial charge < -0.3 is 20.5 Å². The third-order valence-corrected chi connectivity index (χ3v) is 7.72. The number of aryl methyl sites for hydroxylation is 1. The molecule has 0 aliphatic carbocycles. The van der Waals surface area contributed by atoms with Crippen LogP contribution in [0, 0.1) is 20.8 Å². The number of aromatic nitrogens is 1. The van der Waals surface area contributed by atoms with Crippen LogP contribution in [0.4, 0.5) is 4.79 Å². The first kappa shape index (κ1) is 30.0. The van der Waals surface area contributed by atoms with E-state index in [0.29, 0.717) is 28.9 Å². The average molecular weight is 554 g/mol. The Labute approximate surface area is 221 Å². The number of nitrogens with one attached hydrogen (secondary N) is 2. The summed E-state index contributed by atoms with van der Waals surface area (Å²) in [6.07, 6.45) is 1.34. The van der Waals surface area contributed by atoms with Crippen molar-refractivity contribution >= 4 is 39.2 Å². The van der Waals surface area contributed by atoms with Crippen LogP contribution < -0.4 is 20.5 Å². The monoisotopic (exact) mass is 553 g/mol. The van der Waals surface area contributed by atoms with Crippen molar-refractivity contribution < 1.29 is 27.5 Å². The number of guanidine groups is 1. The Hall–Kier alpha value is -3.19. The first-order valence-corrected chi connectivity index (χ1v) is 13.9. The van der Waals surface area contributed by atoms with Gasteiger partial charge in [-0.15, -0.1) is 11.3 Å². The highest BCUT2D eigenvalue weighted by atomic mass is 32.2. The van der Waals surface area contributed by atoms with Crippen LogP contribution in [0.15, 0.2) is 27.5 Å². The fourth-order valence-electron chi connectivity index (χ4n) is 3.58. The van der Waals surface area contributed by atoms with Crippen molar-refractivity contribution in [3.05, 3.63) is 39.3 Å². The van der Waals surface area contributed by atoms with Gasteiger partial charge in [0, 0.05) is 18.1 Å². The summed E-state index contributed by atoms with van der Waals surface area (Å²) in [5.74, 6) is -0.0352. The normalized spacial score (nSPS) is 13.1. The number of nitrogens with two attached hydrogens (primary N) is 1. The fourth-order valence-corrected chi connectivity index (χ4v) is 5.69. The minimum Gasteiger partial charge on any atom is -0.496 e. The second-order valence-corrected chi connectivity index (χ2v) is 11.9. The van der Waals surface area contributed by atoms with Crippen molar-refractivity contribution in [2.24, 2.45) is 10.7 Å². The molecule has 0 saturated carbocycles. The van der Waals surface area contributed by atoms with Crippen molar-refractivity contribution in [2.75, 3.05) is 13.7 Å². The van der Waals surface area contributed by atoms with Gasteiger partial charge in [0.15, 0.2) is 5.01 Å². The third kappa shape index (κ3) is 8.42. The Morgan fingerprint density at radius 3 is 2.46 bits per heavy atom. The van der Waals surface area contributed by atoms with E-state index in [9.17, 15) is 18.0 Å². The molecule has 11 nitrogen and oxygen atoms in total. The highest BCUT2D eigenvalue weighted by Gasteiger charge is 2.27. The Bertz CT molecular complexity index is 1250. The van der Waals surface area contributed by atoms with Crippen LogP contribution in [-0.2, 0) is 14.8 Å². The molecule has 1 aromatic carbocycles. The predicted octanol–water partition coefficient (Wildman–Crippen LogP) is 3.23. The Balaban J connectivity index is 2.08. The van der Waals surface area contributed by atoms with Crippen LogP contribution in [0.5, 0.6) is 5.75 Å². The first-order valence-electron chi connectivity index (χ1n) is 11.6. The Morgan fingerprint density at radius 2 is 1.89 bits per heavy atom. The summed E-state index contributed by atoms with van der Waals surface area (Å²) in [6, 6.07) is 0.767. The topological polar surface area (TPSA) is 162 Å². The fraction of sp³-hybridized carbons (Fsp3) is 0.500. The molecule has 0 fully saturated rings. The van der Waals surface area contributed by atoms with Crippen molar-refractivity contribution in [2.45, 2.75) is 70.9 Å². The number of carbonyl (C=O) groups is 2. The number of carbonyl (C=O) groups excluding carboxylic acids is 2. The minimum absolute atomic E-state index is 0.111. The van der Waals surface area contributed by atoms with E-state index in [2.05, 4.69) is 20.0 Å². The lowest BCUT2D eigenvalue weighted by Gasteiger charge is -2.22. The zero-order valence-corrected chi connectivity index (χ0v) is 23.8. The first-order chi connectivity index (χ1) is 17.2. The Morgan fingerprint density at radius 1 is 1.22 bits per heavy atom. The second kappa shape index (κ2) is 12.4. The van der Waals surface area contributed by atoms with E-state index >= 15 is 0 Å². The van der Waals surface area contributed by atoms with Gasteiger partial charge in [0.05, 0.1) is 18.0 Å². The van der Waals surface area contributed by atoms with Gasteiger partial charge >= 0.3 is 6.09 Å². The summed E-state index contributed by atoms with van der Waals surface area (Å²) >= 11 is 1.17. The largest absolute Gasteiger partial charge is 0.496 e. The SMILES string of the molecule is COc1cc(C)c(S(=O)(=O)NC(N)=NCCC[C@@H](NC(=O)OC(C)(C)C)C(=O)c2nccs2)c(C)c1C. The third-order valence-electron chi connectivity index (χ3n) is 5.29. The number of Topliss-reactive ketones (excluding diaryl/α,β-unsaturated/α-hetero) is 1. The molecule has 1 amide bonds. The van der Waals surface area contributed by atoms with E-state index in [1.54, 1.807) is 53.0 Å². The minimum atomic E-state index is -3.99. The molecule has 4 N–H and O–H groups in total. The molecule has 1 atom stereocenters. The van der Waals surface area contributed by atoms with Crippen molar-refractivity contribution in [3.8, 4) is 5.75 Å². The van der Waals surface area contributed by atoms with Gasteiger partial charge in [0.2, 0.25) is 11.7 Å². The van der Waals surface area contributed by atoms with Crippen LogP contribution >= 0.6 is 11.3 Å². The summed E-state index contributed by atoms with van der Waals surface area (Å²) in [7, 11) is -2.47. The molecule has 0 unspecified atom stereocenters. The van der Waals surface area contributed by atoms with Crippen molar-refractivity contribution in [3.63, 3.8) is 0 Å². The quantitative estimate of drug-likeness (QED) is 0.175. The molecule has 2 aromatic rings. The number of sulfonamides is 1. The smallest absolute Gasteiger partial charge is 0.408 e. The summed E-state index contributed by atoms with van der Waals surface area (Å²) in [6.45, 7) is 10.4. The van der Waals surface area contributed by atoms with Crippen LogP contribution in [0.1, 0.15) is 60.1 Å². The zero-order chi connectivity index (χ0) is 28.0. The van der Waals surface area contributed by atoms with Gasteiger partial charge in [-0.25, -0.2) is 22.9 Å². The van der Waals surface area contributed by atoms with Gasteiger partial charge in [-0.05, 0) is 77.1 Å². The second-order valence-electron chi connectivity index (χ2n) is 9.39. The van der Waals surface area contributed by atoms with E-state index in [1.807, 2.05) is 0 Å². The molecule has 0 radical (unpaired) electrons. The molecule has 0 spiro atoms. The van der Waals surface area contributed by atoms with Crippen molar-refractivity contribution in [1.29, 1.82) is 0 Å². The van der Waals surface area contributed by atoms with Crippen LogP contribution in [0.25, 0.3) is 0 Å². The number of methoxy groups -OCH3 is 1. The number of nitrogens with zero attached hydrogens (tertiary/aromatic N) is 2. The predicted molar refractivity (Wildman–Crippen MR) is 143 cm³/mol. The van der Waals surface area contributed by atoms with Gasteiger partial charge in [-0.2, -0.15) is 0 Å². The molecule has 1 heterocycles. The number of hydrogen-bond donors (Lipinski definition) is 3. The zero-order valence-electron chi connectivity index (χ0n) is 22.2. The number of aliphatic imine (C=N–C) groups is 1. The molecule has 1 aromatic heterocycles. The molecule has 2 rings (SSSR count). The lowest BCUT2D eigenvalue weighted by atomic mass is 10.1. The maximum absolute atomic E-state index is 13.0.